The van der Waals surface area contributed by atoms with Gasteiger partial charge in [0.2, 0.25) is 0 Å². The second-order valence-electron chi connectivity index (χ2n) is 6.82. The van der Waals surface area contributed by atoms with Gasteiger partial charge in [0.05, 0.1) is 13.0 Å². The molecule has 2 heterocycles. The Kier molecular flexibility index (Phi) is 7.94. The lowest BCUT2D eigenvalue weighted by Crippen LogP contribution is -2.47. The Morgan fingerprint density at radius 3 is 2.78 bits per heavy atom. The molecule has 0 saturated carbocycles. The number of nitrogens with one attached hydrogen (secondary N) is 2. The van der Waals surface area contributed by atoms with Gasteiger partial charge in [0.15, 0.2) is 5.96 Å². The number of H-pyrrole nitrogens is 1. The first-order valence-corrected chi connectivity index (χ1v) is 9.23. The number of fused-ring (bicyclic) bond motifs is 1. The number of aromatic nitrogens is 1. The first-order valence-electron chi connectivity index (χ1n) is 9.23. The second kappa shape index (κ2) is 9.96. The summed E-state index contributed by atoms with van der Waals surface area (Å²) in [6.07, 6.45) is 4.66. The number of aryl methyl sites for hydroxylation is 1. The van der Waals surface area contributed by atoms with Gasteiger partial charge in [0.1, 0.15) is 0 Å². The molecule has 7 heteroatoms. The summed E-state index contributed by atoms with van der Waals surface area (Å²) in [5, 5.41) is 4.79. The molecule has 6 nitrogen and oxygen atoms in total. The highest BCUT2D eigenvalue weighted by atomic mass is 127. The Balaban J connectivity index is 0.00000261. The van der Waals surface area contributed by atoms with E-state index in [0.29, 0.717) is 0 Å². The number of guanidine groups is 1. The van der Waals surface area contributed by atoms with Crippen LogP contribution in [-0.4, -0.2) is 55.6 Å². The zero-order valence-electron chi connectivity index (χ0n) is 16.2. The number of methoxy groups -OCH3 is 1. The summed E-state index contributed by atoms with van der Waals surface area (Å²) in [5.41, 5.74) is 3.81. The molecule has 0 unspecified atom stereocenters. The molecule has 0 bridgehead atoms. The summed E-state index contributed by atoms with van der Waals surface area (Å²) in [5.74, 6) is 0.829. The molecular weight excluding hydrogens is 455 g/mol. The lowest BCUT2D eigenvalue weighted by molar-refractivity contribution is -0.146. The number of esters is 1. The molecule has 1 aromatic carbocycles. The van der Waals surface area contributed by atoms with E-state index in [1.807, 2.05) is 7.05 Å². The standard InChI is InChI=1S/C20H28N4O2.HI/c1-14-5-4-6-17-18(14)16(13-23-17)7-10-22-20(21-2)24-11-8-15(9-12-24)19(25)26-3;/h4-6,13,15,23H,7-12H2,1-3H3,(H,21,22);1H. The maximum Gasteiger partial charge on any atom is 0.308 e. The van der Waals surface area contributed by atoms with Crippen LogP contribution in [0.1, 0.15) is 24.0 Å². The predicted molar refractivity (Wildman–Crippen MR) is 120 cm³/mol. The normalized spacial score (nSPS) is 15.5. The number of aliphatic imine (C=N–C) groups is 1. The van der Waals surface area contributed by atoms with E-state index >= 15 is 0 Å². The number of halogens is 1. The lowest BCUT2D eigenvalue weighted by Gasteiger charge is -2.33. The van der Waals surface area contributed by atoms with Gasteiger partial charge in [-0.1, -0.05) is 12.1 Å². The number of nitrogens with zero attached hydrogens (tertiary/aromatic N) is 2. The van der Waals surface area contributed by atoms with Crippen molar-refractivity contribution in [3.05, 3.63) is 35.5 Å². The SMILES string of the molecule is CN=C(NCCc1c[nH]c2cccc(C)c12)N1CCC(C(=O)OC)CC1.I. The molecule has 3 rings (SSSR count). The van der Waals surface area contributed by atoms with Crippen molar-refractivity contribution in [1.82, 2.24) is 15.2 Å². The molecule has 0 spiro atoms. The number of ether oxygens (including phenoxy) is 1. The maximum atomic E-state index is 11.7. The summed E-state index contributed by atoms with van der Waals surface area (Å²) in [4.78, 5) is 21.6. The molecule has 148 valence electrons. The van der Waals surface area contributed by atoms with Gasteiger partial charge in [-0.3, -0.25) is 9.79 Å². The smallest absolute Gasteiger partial charge is 0.308 e. The summed E-state index contributed by atoms with van der Waals surface area (Å²) in [6, 6.07) is 6.34. The molecule has 2 aromatic rings. The Morgan fingerprint density at radius 1 is 1.37 bits per heavy atom. The second-order valence-corrected chi connectivity index (χ2v) is 6.82. The zero-order chi connectivity index (χ0) is 18.5. The molecule has 0 amide bonds. The molecule has 1 saturated heterocycles. The van der Waals surface area contributed by atoms with Crippen LogP contribution in [-0.2, 0) is 16.0 Å². The Labute approximate surface area is 177 Å². The quantitative estimate of drug-likeness (QED) is 0.303. The lowest BCUT2D eigenvalue weighted by atomic mass is 9.97. The molecule has 1 aliphatic rings. The highest BCUT2D eigenvalue weighted by molar-refractivity contribution is 14.0. The van der Waals surface area contributed by atoms with Crippen molar-refractivity contribution in [3.8, 4) is 0 Å². The van der Waals surface area contributed by atoms with Gasteiger partial charge >= 0.3 is 5.97 Å². The van der Waals surface area contributed by atoms with Crippen molar-refractivity contribution >= 4 is 46.8 Å². The summed E-state index contributed by atoms with van der Waals surface area (Å²) in [6.45, 7) is 4.62. The van der Waals surface area contributed by atoms with E-state index in [9.17, 15) is 4.79 Å². The average Bonchev–Trinajstić information content (AvgIpc) is 3.09. The number of piperidine rings is 1. The van der Waals surface area contributed by atoms with Crippen molar-refractivity contribution in [1.29, 1.82) is 0 Å². The van der Waals surface area contributed by atoms with E-state index in [-0.39, 0.29) is 35.9 Å². The number of hydrogen-bond donors (Lipinski definition) is 2. The molecule has 1 fully saturated rings. The maximum absolute atomic E-state index is 11.7. The molecule has 27 heavy (non-hydrogen) atoms. The van der Waals surface area contributed by atoms with Crippen molar-refractivity contribution in [2.24, 2.45) is 10.9 Å². The summed E-state index contributed by atoms with van der Waals surface area (Å²) in [7, 11) is 3.27. The van der Waals surface area contributed by atoms with E-state index in [1.54, 1.807) is 0 Å². The third-order valence-electron chi connectivity index (χ3n) is 5.21. The Hall–Kier alpha value is -1.77. The summed E-state index contributed by atoms with van der Waals surface area (Å²) >= 11 is 0. The molecule has 1 aromatic heterocycles. The van der Waals surface area contributed by atoms with Crippen LogP contribution in [0.2, 0.25) is 0 Å². The van der Waals surface area contributed by atoms with Crippen LogP contribution < -0.4 is 5.32 Å². The minimum Gasteiger partial charge on any atom is -0.469 e. The zero-order valence-corrected chi connectivity index (χ0v) is 18.6. The fraction of sp³-hybridized carbons (Fsp3) is 0.500. The fourth-order valence-corrected chi connectivity index (χ4v) is 3.78. The van der Waals surface area contributed by atoms with Crippen molar-refractivity contribution in [3.63, 3.8) is 0 Å². The fourth-order valence-electron chi connectivity index (χ4n) is 3.78. The van der Waals surface area contributed by atoms with Gasteiger partial charge in [0.25, 0.3) is 0 Å². The van der Waals surface area contributed by atoms with Gasteiger partial charge in [0, 0.05) is 43.8 Å². The van der Waals surface area contributed by atoms with Crippen molar-refractivity contribution < 1.29 is 9.53 Å². The summed E-state index contributed by atoms with van der Waals surface area (Å²) < 4.78 is 4.86. The van der Waals surface area contributed by atoms with Crippen molar-refractivity contribution in [2.45, 2.75) is 26.2 Å². The minimum atomic E-state index is -0.0951. The van der Waals surface area contributed by atoms with Crippen LogP contribution in [0.15, 0.2) is 29.4 Å². The third-order valence-corrected chi connectivity index (χ3v) is 5.21. The molecule has 2 N–H and O–H groups in total. The largest absolute Gasteiger partial charge is 0.469 e. The van der Waals surface area contributed by atoms with E-state index in [1.165, 1.54) is 29.1 Å². The van der Waals surface area contributed by atoms with Gasteiger partial charge < -0.3 is 19.9 Å². The Bertz CT molecular complexity index is 794. The average molecular weight is 484 g/mol. The number of carbonyl (C=O) groups excluding carboxylic acids is 1. The number of benzene rings is 1. The van der Waals surface area contributed by atoms with Gasteiger partial charge in [-0.15, -0.1) is 24.0 Å². The molecule has 0 radical (unpaired) electrons. The van der Waals surface area contributed by atoms with Gasteiger partial charge in [-0.05, 0) is 43.4 Å². The van der Waals surface area contributed by atoms with Crippen LogP contribution in [0.4, 0.5) is 0 Å². The number of aromatic amines is 1. The molecule has 0 atom stereocenters. The molecular formula is C20H29IN4O2. The number of rotatable bonds is 4. The van der Waals surface area contributed by atoms with Crippen LogP contribution >= 0.6 is 24.0 Å². The minimum absolute atomic E-state index is 0. The van der Waals surface area contributed by atoms with E-state index in [0.717, 1.165) is 44.9 Å². The van der Waals surface area contributed by atoms with Crippen LogP contribution in [0.5, 0.6) is 0 Å². The van der Waals surface area contributed by atoms with E-state index < -0.39 is 0 Å². The molecule has 0 aliphatic carbocycles. The molecule has 1 aliphatic heterocycles. The highest BCUT2D eigenvalue weighted by Crippen LogP contribution is 2.22. The third kappa shape index (κ3) is 4.94. The van der Waals surface area contributed by atoms with Crippen LogP contribution in [0, 0.1) is 12.8 Å². The van der Waals surface area contributed by atoms with Gasteiger partial charge in [-0.25, -0.2) is 0 Å². The number of hydrogen-bond acceptors (Lipinski definition) is 3. The van der Waals surface area contributed by atoms with Crippen molar-refractivity contribution in [2.75, 3.05) is 33.8 Å². The number of carbonyl (C=O) groups is 1. The first-order chi connectivity index (χ1) is 12.6. The van der Waals surface area contributed by atoms with Crippen LogP contribution in [0.25, 0.3) is 10.9 Å². The predicted octanol–water partition coefficient (Wildman–Crippen LogP) is 3.10. The number of likely N-dealkylation sites (tertiary alicyclic amines) is 1. The van der Waals surface area contributed by atoms with E-state index in [4.69, 9.17) is 4.74 Å². The monoisotopic (exact) mass is 484 g/mol. The highest BCUT2D eigenvalue weighted by Gasteiger charge is 2.26. The van der Waals surface area contributed by atoms with Gasteiger partial charge in [-0.2, -0.15) is 0 Å². The van der Waals surface area contributed by atoms with E-state index in [2.05, 4.69) is 51.5 Å². The van der Waals surface area contributed by atoms with Crippen LogP contribution in [0.3, 0.4) is 0 Å². The topological polar surface area (TPSA) is 69.7 Å². The first kappa shape index (κ1) is 21.5. The Morgan fingerprint density at radius 2 is 2.11 bits per heavy atom.